The Bertz CT molecular complexity index is 397. The highest BCUT2D eigenvalue weighted by Gasteiger charge is 2.10. The molecule has 0 atom stereocenters. The number of hydrogen-bond donors (Lipinski definition) is 0. The Labute approximate surface area is 107 Å². The molecule has 0 heterocycles. The highest BCUT2D eigenvalue weighted by atomic mass is 79.9. The molecular formula is C12H12Br2O. The molecule has 0 N–H and O–H groups in total. The van der Waals surface area contributed by atoms with Gasteiger partial charge >= 0.3 is 0 Å². The fourth-order valence-corrected chi connectivity index (χ4v) is 2.43. The minimum atomic E-state index is 0.112. The van der Waals surface area contributed by atoms with Gasteiger partial charge in [0.25, 0.3) is 0 Å². The molecule has 1 aromatic rings. The second kappa shape index (κ2) is 5.61. The van der Waals surface area contributed by atoms with Crippen LogP contribution >= 0.6 is 31.9 Å². The summed E-state index contributed by atoms with van der Waals surface area (Å²) >= 11 is 6.73. The van der Waals surface area contributed by atoms with Gasteiger partial charge in [0.2, 0.25) is 0 Å². The van der Waals surface area contributed by atoms with Gasteiger partial charge in [0.1, 0.15) is 0 Å². The van der Waals surface area contributed by atoms with E-state index in [2.05, 4.69) is 38.4 Å². The summed E-state index contributed by atoms with van der Waals surface area (Å²) in [5, 5.41) is 0. The minimum absolute atomic E-state index is 0.112. The van der Waals surface area contributed by atoms with Gasteiger partial charge in [-0.15, -0.1) is 0 Å². The van der Waals surface area contributed by atoms with Gasteiger partial charge in [0.15, 0.2) is 5.78 Å². The lowest BCUT2D eigenvalue weighted by molar-refractivity contribution is 0.0991. The van der Waals surface area contributed by atoms with E-state index in [1.807, 2.05) is 25.1 Å². The number of carbonyl (C=O) groups excluding carboxylic acids is 1. The third-order valence-corrected chi connectivity index (χ3v) is 3.29. The Hall–Kier alpha value is -0.410. The van der Waals surface area contributed by atoms with Crippen molar-refractivity contribution in [2.75, 3.05) is 0 Å². The van der Waals surface area contributed by atoms with Crippen LogP contribution < -0.4 is 0 Å². The molecule has 0 aromatic heterocycles. The second-order valence-corrected chi connectivity index (χ2v) is 5.10. The van der Waals surface area contributed by atoms with E-state index in [9.17, 15) is 4.79 Å². The SMILES string of the molecule is C=C(CC)CC(=O)c1ccc(Br)cc1Br. The highest BCUT2D eigenvalue weighted by Crippen LogP contribution is 2.24. The topological polar surface area (TPSA) is 17.1 Å². The summed E-state index contributed by atoms with van der Waals surface area (Å²) in [5.41, 5.74) is 1.68. The lowest BCUT2D eigenvalue weighted by atomic mass is 10.0. The van der Waals surface area contributed by atoms with Gasteiger partial charge in [-0.05, 0) is 24.6 Å². The average Bonchev–Trinajstić information content (AvgIpc) is 2.17. The number of allylic oxidation sites excluding steroid dienone is 1. The summed E-state index contributed by atoms with van der Waals surface area (Å²) < 4.78 is 1.78. The standard InChI is InChI=1S/C12H12Br2O/c1-3-8(2)6-12(15)10-5-4-9(13)7-11(10)14/h4-5,7H,2-3,6H2,1H3. The lowest BCUT2D eigenvalue weighted by Gasteiger charge is -2.05. The van der Waals surface area contributed by atoms with Crippen molar-refractivity contribution >= 4 is 37.6 Å². The van der Waals surface area contributed by atoms with E-state index in [0.717, 1.165) is 20.9 Å². The number of Topliss-reactive ketones (excluding diaryl/α,β-unsaturated/α-hetero) is 1. The van der Waals surface area contributed by atoms with Crippen molar-refractivity contribution < 1.29 is 4.79 Å². The van der Waals surface area contributed by atoms with E-state index in [0.29, 0.717) is 12.0 Å². The van der Waals surface area contributed by atoms with Crippen LogP contribution in [0.5, 0.6) is 0 Å². The molecule has 1 nitrogen and oxygen atoms in total. The third kappa shape index (κ3) is 3.58. The first kappa shape index (κ1) is 12.7. The number of ketones is 1. The molecule has 80 valence electrons. The van der Waals surface area contributed by atoms with Crippen LogP contribution in [0.15, 0.2) is 39.3 Å². The first-order chi connectivity index (χ1) is 7.04. The maximum atomic E-state index is 11.8. The minimum Gasteiger partial charge on any atom is -0.294 e. The van der Waals surface area contributed by atoms with Crippen molar-refractivity contribution in [2.24, 2.45) is 0 Å². The Morgan fingerprint density at radius 2 is 2.07 bits per heavy atom. The van der Waals surface area contributed by atoms with Crippen molar-refractivity contribution in [1.29, 1.82) is 0 Å². The molecule has 0 aliphatic rings. The Kier molecular flexibility index (Phi) is 4.74. The molecule has 0 spiro atoms. The van der Waals surface area contributed by atoms with Crippen molar-refractivity contribution in [1.82, 2.24) is 0 Å². The van der Waals surface area contributed by atoms with Gasteiger partial charge in [0, 0.05) is 20.9 Å². The molecule has 0 fully saturated rings. The maximum Gasteiger partial charge on any atom is 0.168 e. The molecule has 1 aromatic carbocycles. The van der Waals surface area contributed by atoms with Gasteiger partial charge in [-0.1, -0.05) is 50.9 Å². The monoisotopic (exact) mass is 330 g/mol. The maximum absolute atomic E-state index is 11.8. The molecule has 0 aliphatic carbocycles. The molecular weight excluding hydrogens is 320 g/mol. The zero-order chi connectivity index (χ0) is 11.4. The van der Waals surface area contributed by atoms with E-state index < -0.39 is 0 Å². The smallest absolute Gasteiger partial charge is 0.168 e. The van der Waals surface area contributed by atoms with Gasteiger partial charge in [-0.25, -0.2) is 0 Å². The Morgan fingerprint density at radius 3 is 2.60 bits per heavy atom. The van der Waals surface area contributed by atoms with E-state index in [1.54, 1.807) is 0 Å². The number of benzene rings is 1. The average molecular weight is 332 g/mol. The number of hydrogen-bond acceptors (Lipinski definition) is 1. The van der Waals surface area contributed by atoms with Crippen LogP contribution in [0.4, 0.5) is 0 Å². The molecule has 0 radical (unpaired) electrons. The van der Waals surface area contributed by atoms with Crippen molar-refractivity contribution in [3.63, 3.8) is 0 Å². The van der Waals surface area contributed by atoms with Gasteiger partial charge in [0.05, 0.1) is 0 Å². The van der Waals surface area contributed by atoms with E-state index in [-0.39, 0.29) is 5.78 Å². The van der Waals surface area contributed by atoms with Crippen molar-refractivity contribution in [3.8, 4) is 0 Å². The van der Waals surface area contributed by atoms with Crippen LogP contribution in [0.2, 0.25) is 0 Å². The molecule has 0 aliphatic heterocycles. The summed E-state index contributed by atoms with van der Waals surface area (Å²) in [6, 6.07) is 5.56. The summed E-state index contributed by atoms with van der Waals surface area (Å²) in [6.45, 7) is 5.85. The fraction of sp³-hybridized carbons (Fsp3) is 0.250. The van der Waals surface area contributed by atoms with Crippen LogP contribution in [0.1, 0.15) is 30.1 Å². The molecule has 0 bridgehead atoms. The summed E-state index contributed by atoms with van der Waals surface area (Å²) in [5.74, 6) is 0.112. The third-order valence-electron chi connectivity index (χ3n) is 2.14. The predicted molar refractivity (Wildman–Crippen MR) is 70.2 cm³/mol. The van der Waals surface area contributed by atoms with Gasteiger partial charge < -0.3 is 0 Å². The molecule has 15 heavy (non-hydrogen) atoms. The molecule has 0 saturated carbocycles. The summed E-state index contributed by atoms with van der Waals surface area (Å²) in [7, 11) is 0. The number of rotatable bonds is 4. The van der Waals surface area contributed by atoms with Crippen LogP contribution in [0, 0.1) is 0 Å². The first-order valence-electron chi connectivity index (χ1n) is 4.69. The van der Waals surface area contributed by atoms with Gasteiger partial charge in [-0.2, -0.15) is 0 Å². The highest BCUT2D eigenvalue weighted by molar-refractivity contribution is 9.11. The van der Waals surface area contributed by atoms with Gasteiger partial charge in [-0.3, -0.25) is 4.79 Å². The molecule has 3 heteroatoms. The van der Waals surface area contributed by atoms with E-state index >= 15 is 0 Å². The quantitative estimate of drug-likeness (QED) is 0.574. The molecule has 0 saturated heterocycles. The van der Waals surface area contributed by atoms with E-state index in [4.69, 9.17) is 0 Å². The molecule has 1 rings (SSSR count). The predicted octanol–water partition coefficient (Wildman–Crippen LogP) is 4.75. The lowest BCUT2D eigenvalue weighted by Crippen LogP contribution is -2.01. The Balaban J connectivity index is 2.87. The first-order valence-corrected chi connectivity index (χ1v) is 6.28. The zero-order valence-corrected chi connectivity index (χ0v) is 11.7. The van der Waals surface area contributed by atoms with Crippen LogP contribution in [0.3, 0.4) is 0 Å². The number of halogens is 2. The summed E-state index contributed by atoms with van der Waals surface area (Å²) in [4.78, 5) is 11.8. The van der Waals surface area contributed by atoms with Crippen molar-refractivity contribution in [2.45, 2.75) is 19.8 Å². The normalized spacial score (nSPS) is 10.1. The van der Waals surface area contributed by atoms with E-state index in [1.165, 1.54) is 0 Å². The zero-order valence-electron chi connectivity index (χ0n) is 8.52. The van der Waals surface area contributed by atoms with Crippen LogP contribution in [-0.2, 0) is 0 Å². The second-order valence-electron chi connectivity index (χ2n) is 3.33. The molecule has 0 amide bonds. The fourth-order valence-electron chi connectivity index (χ4n) is 1.16. The number of carbonyl (C=O) groups is 1. The largest absolute Gasteiger partial charge is 0.294 e. The summed E-state index contributed by atoms with van der Waals surface area (Å²) in [6.07, 6.45) is 1.27. The Morgan fingerprint density at radius 1 is 1.40 bits per heavy atom. The van der Waals surface area contributed by atoms with Crippen molar-refractivity contribution in [3.05, 3.63) is 44.9 Å². The molecule has 0 unspecified atom stereocenters. The van der Waals surface area contributed by atoms with Crippen LogP contribution in [-0.4, -0.2) is 5.78 Å². The van der Waals surface area contributed by atoms with Crippen LogP contribution in [0.25, 0.3) is 0 Å².